The van der Waals surface area contributed by atoms with Gasteiger partial charge in [-0.3, -0.25) is 9.59 Å². The maximum Gasteiger partial charge on any atom is 0.224 e. The van der Waals surface area contributed by atoms with Crippen molar-refractivity contribution in [3.63, 3.8) is 0 Å². The van der Waals surface area contributed by atoms with Crippen LogP contribution >= 0.6 is 11.8 Å². The van der Waals surface area contributed by atoms with Gasteiger partial charge in [0.05, 0.1) is 35.2 Å². The van der Waals surface area contributed by atoms with Crippen molar-refractivity contribution < 1.29 is 24.2 Å². The molecular formula is C38H44N4O5S. The van der Waals surface area contributed by atoms with Gasteiger partial charge in [-0.1, -0.05) is 79.6 Å². The van der Waals surface area contributed by atoms with E-state index in [1.165, 1.54) is 0 Å². The first-order valence-electron chi connectivity index (χ1n) is 16.5. The zero-order valence-corrected chi connectivity index (χ0v) is 27.9. The summed E-state index contributed by atoms with van der Waals surface area (Å²) in [5, 5.41) is 16.3. The first kappa shape index (κ1) is 35.1. The molecule has 3 atom stereocenters. The maximum absolute atomic E-state index is 12.5. The Balaban J connectivity index is 1.05. The summed E-state index contributed by atoms with van der Waals surface area (Å²) in [7, 11) is 0. The minimum Gasteiger partial charge on any atom is -0.397 e. The van der Waals surface area contributed by atoms with Crippen LogP contribution < -0.4 is 16.4 Å². The number of amides is 2. The first-order chi connectivity index (χ1) is 23.5. The number of para-hydroxylation sites is 2. The number of carbonyl (C=O) groups is 2. The van der Waals surface area contributed by atoms with Crippen molar-refractivity contribution in [3.05, 3.63) is 119 Å². The van der Waals surface area contributed by atoms with Crippen LogP contribution in [0.5, 0.6) is 0 Å². The lowest BCUT2D eigenvalue weighted by Crippen LogP contribution is -2.31. The highest BCUT2D eigenvalue weighted by Crippen LogP contribution is 2.39. The molecule has 3 unspecified atom stereocenters. The molecule has 252 valence electrons. The Morgan fingerprint density at radius 3 is 2.21 bits per heavy atom. The maximum atomic E-state index is 12.5. The van der Waals surface area contributed by atoms with E-state index in [9.17, 15) is 14.7 Å². The van der Waals surface area contributed by atoms with E-state index >= 15 is 0 Å². The fourth-order valence-corrected chi connectivity index (χ4v) is 6.34. The van der Waals surface area contributed by atoms with Gasteiger partial charge in [-0.05, 0) is 53.8 Å². The lowest BCUT2D eigenvalue weighted by Gasteiger charge is -2.36. The van der Waals surface area contributed by atoms with Gasteiger partial charge in [0.1, 0.15) is 0 Å². The molecule has 1 aromatic heterocycles. The van der Waals surface area contributed by atoms with E-state index in [1.54, 1.807) is 30.1 Å². The fraction of sp³-hybridized carbons (Fsp3) is 0.342. The molecule has 0 spiro atoms. The topological polar surface area (TPSA) is 136 Å². The standard InChI is InChI=1S/C38H44N4O5S/c39-32-9-5-6-10-33(32)42-36(45)12-4-2-1-3-11-35(44)41-24-27-14-20-30(21-15-27)38-46-31(26-48-37-13-7-8-22-40-37)23-34(47-38)29-18-16-28(25-43)17-19-29/h5-10,13-22,31,34,38,43H,1-4,11-12,23-26,39H2,(H,41,44)(H,42,45). The third kappa shape index (κ3) is 10.9. The van der Waals surface area contributed by atoms with Crippen LogP contribution in [0.1, 0.15) is 79.6 Å². The van der Waals surface area contributed by atoms with E-state index in [4.69, 9.17) is 15.2 Å². The van der Waals surface area contributed by atoms with Gasteiger partial charge < -0.3 is 30.9 Å². The quantitative estimate of drug-likeness (QED) is 0.0565. The van der Waals surface area contributed by atoms with Crippen molar-refractivity contribution in [2.75, 3.05) is 16.8 Å². The summed E-state index contributed by atoms with van der Waals surface area (Å²) in [5.74, 6) is 0.704. The Kier molecular flexibility index (Phi) is 13.4. The Bertz CT molecular complexity index is 1590. The molecule has 1 aliphatic heterocycles. The summed E-state index contributed by atoms with van der Waals surface area (Å²) in [6.45, 7) is 0.444. The fourth-order valence-electron chi connectivity index (χ4n) is 5.46. The summed E-state index contributed by atoms with van der Waals surface area (Å²) in [6, 6.07) is 29.0. The number of pyridine rings is 1. The minimum absolute atomic E-state index is 0.00166. The van der Waals surface area contributed by atoms with E-state index < -0.39 is 6.29 Å². The van der Waals surface area contributed by atoms with Gasteiger partial charge in [0.25, 0.3) is 0 Å². The molecule has 10 heteroatoms. The molecule has 1 saturated heterocycles. The number of rotatable bonds is 16. The normalized spacial score (nSPS) is 17.5. The lowest BCUT2D eigenvalue weighted by molar-refractivity contribution is -0.245. The molecule has 0 saturated carbocycles. The number of ether oxygens (including phenoxy) is 2. The number of nitrogens with one attached hydrogen (secondary N) is 2. The van der Waals surface area contributed by atoms with Gasteiger partial charge in [0, 0.05) is 43.3 Å². The Morgan fingerprint density at radius 1 is 0.812 bits per heavy atom. The van der Waals surface area contributed by atoms with Gasteiger partial charge in [0.15, 0.2) is 6.29 Å². The number of nitrogens with two attached hydrogens (primary N) is 1. The number of benzene rings is 3. The molecule has 4 aromatic rings. The summed E-state index contributed by atoms with van der Waals surface area (Å²) in [4.78, 5) is 29.1. The van der Waals surface area contributed by atoms with Crippen LogP contribution in [-0.4, -0.2) is 33.8 Å². The first-order valence-corrected chi connectivity index (χ1v) is 17.5. The van der Waals surface area contributed by atoms with Crippen molar-refractivity contribution in [1.82, 2.24) is 10.3 Å². The molecule has 0 bridgehead atoms. The summed E-state index contributed by atoms with van der Waals surface area (Å²) >= 11 is 1.67. The average molecular weight is 669 g/mol. The van der Waals surface area contributed by atoms with Gasteiger partial charge in [-0.2, -0.15) is 0 Å². The number of nitrogens with zero attached hydrogens (tertiary/aromatic N) is 1. The second kappa shape index (κ2) is 18.4. The molecule has 5 rings (SSSR count). The van der Waals surface area contributed by atoms with Crippen LogP contribution in [0, 0.1) is 0 Å². The van der Waals surface area contributed by atoms with Gasteiger partial charge >= 0.3 is 0 Å². The summed E-state index contributed by atoms with van der Waals surface area (Å²) in [5.41, 5.74) is 10.9. The van der Waals surface area contributed by atoms with Crippen molar-refractivity contribution in [1.29, 1.82) is 0 Å². The highest BCUT2D eigenvalue weighted by molar-refractivity contribution is 7.99. The molecule has 0 aliphatic carbocycles. The highest BCUT2D eigenvalue weighted by atomic mass is 32.2. The molecule has 0 radical (unpaired) electrons. The number of hydrogen-bond donors (Lipinski definition) is 4. The Labute approximate surface area is 286 Å². The van der Waals surface area contributed by atoms with Crippen molar-refractivity contribution in [3.8, 4) is 0 Å². The Morgan fingerprint density at radius 2 is 1.50 bits per heavy atom. The lowest BCUT2D eigenvalue weighted by atomic mass is 10.0. The van der Waals surface area contributed by atoms with Gasteiger partial charge in [0.2, 0.25) is 11.8 Å². The second-order valence-corrected chi connectivity index (χ2v) is 12.9. The van der Waals surface area contributed by atoms with Crippen LogP contribution in [0.3, 0.4) is 0 Å². The Hall–Kier alpha value is -4.22. The molecule has 3 aromatic carbocycles. The van der Waals surface area contributed by atoms with Crippen molar-refractivity contribution in [2.24, 2.45) is 0 Å². The molecule has 2 amide bonds. The van der Waals surface area contributed by atoms with E-state index in [-0.39, 0.29) is 30.6 Å². The third-order valence-corrected chi connectivity index (χ3v) is 9.28. The number of hydrogen-bond acceptors (Lipinski definition) is 8. The minimum atomic E-state index is -0.540. The van der Waals surface area contributed by atoms with Gasteiger partial charge in [-0.15, -0.1) is 11.8 Å². The predicted molar refractivity (Wildman–Crippen MR) is 189 cm³/mol. The zero-order valence-electron chi connectivity index (χ0n) is 27.1. The average Bonchev–Trinajstić information content (AvgIpc) is 3.13. The van der Waals surface area contributed by atoms with Crippen LogP contribution in [0.25, 0.3) is 0 Å². The number of unbranched alkanes of at least 4 members (excludes halogenated alkanes) is 3. The molecule has 1 fully saturated rings. The number of thioether (sulfide) groups is 1. The SMILES string of the molecule is Nc1ccccc1NC(=O)CCCCCCC(=O)NCc1ccc(C2OC(CSc3ccccn3)CC(c3ccc(CO)cc3)O2)cc1. The number of aromatic nitrogens is 1. The van der Waals surface area contributed by atoms with E-state index in [0.29, 0.717) is 37.2 Å². The molecular weight excluding hydrogens is 625 g/mol. The summed E-state index contributed by atoms with van der Waals surface area (Å²) < 4.78 is 12.9. The third-order valence-electron chi connectivity index (χ3n) is 8.20. The molecule has 5 N–H and O–H groups in total. The molecule has 1 aliphatic rings. The van der Waals surface area contributed by atoms with Crippen LogP contribution in [-0.2, 0) is 32.2 Å². The molecule has 48 heavy (non-hydrogen) atoms. The number of anilines is 2. The highest BCUT2D eigenvalue weighted by Gasteiger charge is 2.32. The largest absolute Gasteiger partial charge is 0.397 e. The zero-order chi connectivity index (χ0) is 33.6. The van der Waals surface area contributed by atoms with Crippen molar-refractivity contribution >= 4 is 35.0 Å². The smallest absolute Gasteiger partial charge is 0.224 e. The van der Waals surface area contributed by atoms with Crippen LogP contribution in [0.15, 0.2) is 102 Å². The summed E-state index contributed by atoms with van der Waals surface area (Å²) in [6.07, 6.45) is 5.94. The number of aliphatic hydroxyl groups excluding tert-OH is 1. The number of carbonyl (C=O) groups excluding carboxylic acids is 2. The van der Waals surface area contributed by atoms with Gasteiger partial charge in [-0.25, -0.2) is 4.98 Å². The molecule has 2 heterocycles. The number of nitrogen functional groups attached to an aromatic ring is 1. The second-order valence-electron chi connectivity index (χ2n) is 11.9. The molecule has 9 nitrogen and oxygen atoms in total. The predicted octanol–water partition coefficient (Wildman–Crippen LogP) is 7.09. The van der Waals surface area contributed by atoms with E-state index in [1.807, 2.05) is 78.9 Å². The van der Waals surface area contributed by atoms with Crippen LogP contribution in [0.4, 0.5) is 11.4 Å². The van der Waals surface area contributed by atoms with Crippen molar-refractivity contribution in [2.45, 2.75) is 81.6 Å². The van der Waals surface area contributed by atoms with E-state index in [0.717, 1.165) is 58.7 Å². The number of aliphatic hydroxyl groups is 1. The monoisotopic (exact) mass is 668 g/mol. The van der Waals surface area contributed by atoms with E-state index in [2.05, 4.69) is 15.6 Å². The van der Waals surface area contributed by atoms with Crippen LogP contribution in [0.2, 0.25) is 0 Å².